The van der Waals surface area contributed by atoms with Gasteiger partial charge in [-0.25, -0.2) is 9.59 Å². The maximum atomic E-state index is 11.5. The van der Waals surface area contributed by atoms with Gasteiger partial charge < -0.3 is 51.2 Å². The van der Waals surface area contributed by atoms with Gasteiger partial charge in [0.25, 0.3) is 0 Å². The maximum absolute atomic E-state index is 11.5. The number of carbonyl (C=O) groups excluding carboxylic acids is 6. The quantitative estimate of drug-likeness (QED) is 0.0250. The monoisotopic (exact) mass is 805 g/mol. The van der Waals surface area contributed by atoms with Gasteiger partial charge in [0.15, 0.2) is 0 Å². The van der Waals surface area contributed by atoms with E-state index in [1.165, 1.54) is 77.0 Å². The molecular formula is C38H69N3Na2O12. The third kappa shape index (κ3) is 48.6. The van der Waals surface area contributed by atoms with Crippen molar-refractivity contribution < 1.29 is 117 Å². The number of likely N-dealkylation sites (N-methyl/N-ethyl adjacent to an activating group) is 1. The summed E-state index contributed by atoms with van der Waals surface area (Å²) in [7, 11) is 1.61. The SMILES string of the molecule is CCCCCCCCCCCC(=O)OC(=O)[C@@H](N)CCC(=O)[O-].CCCCCCCCCCCC(=O)OC(=O)[C@@H](N)CCC(=O)[O-].CN[C@@H](C)C(=O)O.[Na+].[Na+]. The summed E-state index contributed by atoms with van der Waals surface area (Å²) in [5, 5.41) is 31.2. The molecule has 0 aliphatic carbocycles. The van der Waals surface area contributed by atoms with Crippen molar-refractivity contribution in [3.8, 4) is 0 Å². The first kappa shape index (κ1) is 62.8. The Morgan fingerprint density at radius 1 is 0.545 bits per heavy atom. The van der Waals surface area contributed by atoms with Crippen molar-refractivity contribution in [1.82, 2.24) is 5.32 Å². The van der Waals surface area contributed by atoms with Crippen LogP contribution in [0.1, 0.15) is 175 Å². The molecule has 0 aliphatic rings. The Kier molecular flexibility index (Phi) is 51.7. The van der Waals surface area contributed by atoms with Crippen LogP contribution in [-0.2, 0) is 43.0 Å². The first-order chi connectivity index (χ1) is 25.1. The summed E-state index contributed by atoms with van der Waals surface area (Å²) < 4.78 is 9.20. The Hall–Kier alpha value is -1.43. The summed E-state index contributed by atoms with van der Waals surface area (Å²) in [6, 6.07) is -2.63. The van der Waals surface area contributed by atoms with Crippen LogP contribution in [0.5, 0.6) is 0 Å². The second kappa shape index (κ2) is 45.3. The molecule has 17 heteroatoms. The van der Waals surface area contributed by atoms with Gasteiger partial charge in [-0.3, -0.25) is 14.4 Å². The molecule has 0 bridgehead atoms. The number of carboxylic acid groups (broad SMARTS) is 3. The van der Waals surface area contributed by atoms with Crippen molar-refractivity contribution in [3.63, 3.8) is 0 Å². The molecule has 310 valence electrons. The zero-order valence-electron chi connectivity index (χ0n) is 34.8. The summed E-state index contributed by atoms with van der Waals surface area (Å²) in [5.41, 5.74) is 10.9. The van der Waals surface area contributed by atoms with Gasteiger partial charge in [-0.05, 0) is 52.5 Å². The molecule has 0 aromatic heterocycles. The van der Waals surface area contributed by atoms with E-state index in [4.69, 9.17) is 16.6 Å². The first-order valence-electron chi connectivity index (χ1n) is 19.4. The van der Waals surface area contributed by atoms with E-state index >= 15 is 0 Å². The van der Waals surface area contributed by atoms with E-state index in [0.717, 1.165) is 25.7 Å². The molecule has 0 fully saturated rings. The van der Waals surface area contributed by atoms with Gasteiger partial charge in [0.1, 0.15) is 18.1 Å². The minimum absolute atomic E-state index is 0. The number of ether oxygens (including phenoxy) is 2. The molecule has 0 heterocycles. The molecular weight excluding hydrogens is 736 g/mol. The van der Waals surface area contributed by atoms with Crippen LogP contribution in [0.3, 0.4) is 0 Å². The topological polar surface area (TPSA) is 268 Å². The molecule has 0 saturated heterocycles. The molecule has 0 unspecified atom stereocenters. The van der Waals surface area contributed by atoms with Crippen LogP contribution in [-0.4, -0.2) is 72.1 Å². The predicted octanol–water partition coefficient (Wildman–Crippen LogP) is -2.64. The van der Waals surface area contributed by atoms with Crippen LogP contribution < -0.4 is 86.1 Å². The molecule has 0 radical (unpaired) electrons. The molecule has 0 rings (SSSR count). The number of rotatable bonds is 30. The number of carboxylic acids is 3. The summed E-state index contributed by atoms with van der Waals surface area (Å²) in [6.07, 6.45) is 20.0. The van der Waals surface area contributed by atoms with Crippen molar-refractivity contribution in [2.75, 3.05) is 7.05 Å². The largest absolute Gasteiger partial charge is 1.00 e. The smallest absolute Gasteiger partial charge is 0.550 e. The van der Waals surface area contributed by atoms with Gasteiger partial charge in [0, 0.05) is 24.8 Å². The van der Waals surface area contributed by atoms with Gasteiger partial charge in [-0.15, -0.1) is 0 Å². The molecule has 3 atom stereocenters. The minimum atomic E-state index is -1.28. The summed E-state index contributed by atoms with van der Waals surface area (Å²) in [4.78, 5) is 76.2. The number of unbranched alkanes of at least 4 members (excludes halogenated alkanes) is 16. The Labute approximate surface area is 373 Å². The van der Waals surface area contributed by atoms with Crippen molar-refractivity contribution in [2.45, 2.75) is 193 Å². The van der Waals surface area contributed by atoms with Crippen LogP contribution in [0.4, 0.5) is 0 Å². The molecule has 15 nitrogen and oxygen atoms in total. The normalized spacial score (nSPS) is 11.7. The Bertz CT molecular complexity index is 953. The first-order valence-corrected chi connectivity index (χ1v) is 19.4. The second-order valence-electron chi connectivity index (χ2n) is 13.1. The van der Waals surface area contributed by atoms with Gasteiger partial charge in [-0.2, -0.15) is 0 Å². The fourth-order valence-corrected chi connectivity index (χ4v) is 4.54. The summed E-state index contributed by atoms with van der Waals surface area (Å²) in [6.45, 7) is 5.97. The zero-order chi connectivity index (χ0) is 40.9. The Morgan fingerprint density at radius 2 is 0.818 bits per heavy atom. The van der Waals surface area contributed by atoms with E-state index in [9.17, 15) is 43.8 Å². The molecule has 0 aromatic rings. The molecule has 0 amide bonds. The molecule has 0 saturated carbocycles. The number of esters is 4. The summed E-state index contributed by atoms with van der Waals surface area (Å²) in [5.74, 6) is -6.31. The van der Waals surface area contributed by atoms with Gasteiger partial charge in [0.05, 0.1) is 0 Å². The Balaban J connectivity index is -0.000000250. The maximum Gasteiger partial charge on any atom is 1.00 e. The number of carbonyl (C=O) groups is 7. The van der Waals surface area contributed by atoms with Crippen molar-refractivity contribution in [1.29, 1.82) is 0 Å². The van der Waals surface area contributed by atoms with E-state index < -0.39 is 59.9 Å². The van der Waals surface area contributed by atoms with Crippen LogP contribution in [0.2, 0.25) is 0 Å². The fraction of sp³-hybridized carbons (Fsp3) is 0.816. The molecule has 0 aromatic carbocycles. The average molecular weight is 806 g/mol. The number of hydrogen-bond acceptors (Lipinski definition) is 14. The second-order valence-corrected chi connectivity index (χ2v) is 13.1. The van der Waals surface area contributed by atoms with E-state index in [1.807, 2.05) is 0 Å². The number of nitrogens with one attached hydrogen (secondary N) is 1. The molecule has 55 heavy (non-hydrogen) atoms. The van der Waals surface area contributed by atoms with Crippen LogP contribution in [0.15, 0.2) is 0 Å². The number of hydrogen-bond donors (Lipinski definition) is 4. The standard InChI is InChI=1S/2C17H31NO5.C4H9NO2.2Na/c2*1-2-3-4-5-6-7-8-9-10-11-16(21)23-17(22)14(18)12-13-15(19)20;1-3(5-2)4(6)7;;/h2*14H,2-13,18H2,1H3,(H,19,20);3,5H,1-2H3,(H,6,7);;/q;;;2*+1/p-2/t2*14-;3-;;/m000../s1. The predicted molar refractivity (Wildman–Crippen MR) is 196 cm³/mol. The number of aliphatic carboxylic acids is 3. The third-order valence-corrected chi connectivity index (χ3v) is 8.13. The zero-order valence-corrected chi connectivity index (χ0v) is 38.8. The van der Waals surface area contributed by atoms with E-state index in [2.05, 4.69) is 28.6 Å². The fourth-order valence-electron chi connectivity index (χ4n) is 4.54. The van der Waals surface area contributed by atoms with Crippen LogP contribution in [0.25, 0.3) is 0 Å². The average Bonchev–Trinajstić information content (AvgIpc) is 3.11. The summed E-state index contributed by atoms with van der Waals surface area (Å²) >= 11 is 0. The van der Waals surface area contributed by atoms with Gasteiger partial charge >= 0.3 is 89.0 Å². The third-order valence-electron chi connectivity index (χ3n) is 8.13. The van der Waals surface area contributed by atoms with Gasteiger partial charge in [0.2, 0.25) is 0 Å². The van der Waals surface area contributed by atoms with Crippen LogP contribution >= 0.6 is 0 Å². The molecule has 6 N–H and O–H groups in total. The molecule has 0 aliphatic heterocycles. The van der Waals surface area contributed by atoms with E-state index in [1.54, 1.807) is 14.0 Å². The number of nitrogens with two attached hydrogens (primary N) is 2. The van der Waals surface area contributed by atoms with Gasteiger partial charge in [-0.1, -0.05) is 117 Å². The minimum Gasteiger partial charge on any atom is -0.550 e. The van der Waals surface area contributed by atoms with Crippen LogP contribution in [0, 0.1) is 0 Å². The van der Waals surface area contributed by atoms with E-state index in [0.29, 0.717) is 12.8 Å². The molecule has 0 spiro atoms. The van der Waals surface area contributed by atoms with E-state index in [-0.39, 0.29) is 97.6 Å². The Morgan fingerprint density at radius 3 is 1.04 bits per heavy atom. The van der Waals surface area contributed by atoms with Crippen molar-refractivity contribution in [2.24, 2.45) is 11.5 Å². The van der Waals surface area contributed by atoms with Crippen molar-refractivity contribution in [3.05, 3.63) is 0 Å². The van der Waals surface area contributed by atoms with Crippen molar-refractivity contribution >= 4 is 41.8 Å².